The van der Waals surface area contributed by atoms with Gasteiger partial charge in [0.1, 0.15) is 11.9 Å². The van der Waals surface area contributed by atoms with Gasteiger partial charge in [-0.15, -0.1) is 16.4 Å². The number of carboxylic acids is 1. The number of hydrogen-bond acceptors (Lipinski definition) is 7. The Morgan fingerprint density at radius 2 is 1.97 bits per heavy atom. The summed E-state index contributed by atoms with van der Waals surface area (Å²) in [6, 6.07) is 14.8. The van der Waals surface area contributed by atoms with E-state index in [2.05, 4.69) is 26.2 Å². The van der Waals surface area contributed by atoms with Gasteiger partial charge in [0.05, 0.1) is 11.3 Å². The van der Waals surface area contributed by atoms with Gasteiger partial charge in [-0.3, -0.25) is 9.59 Å². The Bertz CT molecular complexity index is 1490. The number of aromatic nitrogens is 4. The van der Waals surface area contributed by atoms with Crippen LogP contribution in [0.2, 0.25) is 5.02 Å². The molecule has 0 bridgehead atoms. The van der Waals surface area contributed by atoms with E-state index in [9.17, 15) is 14.4 Å². The minimum absolute atomic E-state index is 0.107. The van der Waals surface area contributed by atoms with E-state index < -0.39 is 17.4 Å². The Morgan fingerprint density at radius 1 is 1.16 bits per heavy atom. The highest BCUT2D eigenvalue weighted by Crippen LogP contribution is 2.53. The second-order valence-electron chi connectivity index (χ2n) is 8.36. The zero-order valence-corrected chi connectivity index (χ0v) is 20.6. The van der Waals surface area contributed by atoms with E-state index in [4.69, 9.17) is 16.7 Å². The first kappa shape index (κ1) is 24.3. The van der Waals surface area contributed by atoms with Gasteiger partial charge in [0, 0.05) is 33.1 Å². The van der Waals surface area contributed by atoms with E-state index in [0.29, 0.717) is 28.4 Å². The Labute approximate surface area is 219 Å². The summed E-state index contributed by atoms with van der Waals surface area (Å²) < 4.78 is 1.45. The van der Waals surface area contributed by atoms with Crippen molar-refractivity contribution in [2.45, 2.75) is 17.9 Å². The van der Waals surface area contributed by atoms with E-state index in [1.54, 1.807) is 24.3 Å². The fourth-order valence-electron chi connectivity index (χ4n) is 4.05. The van der Waals surface area contributed by atoms with Crippen LogP contribution in [0.4, 0.5) is 5.69 Å². The third kappa shape index (κ3) is 5.13. The van der Waals surface area contributed by atoms with Crippen LogP contribution in [0, 0.1) is 0 Å². The maximum Gasteiger partial charge on any atom is 0.335 e. The molecule has 0 radical (unpaired) electrons. The number of nitrogens with zero attached hydrogens (tertiary/aromatic N) is 4. The van der Waals surface area contributed by atoms with Crippen LogP contribution in [0.1, 0.15) is 33.1 Å². The fraction of sp³-hybridized carbons (Fsp3) is 0.120. The van der Waals surface area contributed by atoms with Crippen molar-refractivity contribution in [2.75, 3.05) is 5.32 Å². The van der Waals surface area contributed by atoms with Crippen LogP contribution in [0.15, 0.2) is 72.4 Å². The number of halogens is 1. The summed E-state index contributed by atoms with van der Waals surface area (Å²) in [5, 5.41) is 28.3. The number of anilines is 1. The van der Waals surface area contributed by atoms with E-state index in [-0.39, 0.29) is 17.4 Å². The number of carbonyl (C=O) groups is 3. The van der Waals surface area contributed by atoms with Crippen LogP contribution in [0.25, 0.3) is 11.8 Å². The molecule has 5 rings (SSSR count). The SMILES string of the molecule is O=C(/C=C/c1cc(Cl)ccc1-n1cnnn1)N[C@]1(C(=O)Nc2ccc(C(=O)O)cc2)CC1c1cccs1. The molecule has 3 N–H and O–H groups in total. The lowest BCUT2D eigenvalue weighted by atomic mass is 10.1. The molecule has 2 aromatic carbocycles. The summed E-state index contributed by atoms with van der Waals surface area (Å²) >= 11 is 7.67. The number of aromatic carboxylic acids is 1. The minimum Gasteiger partial charge on any atom is -0.478 e. The number of benzene rings is 2. The Hall–Kier alpha value is -4.35. The van der Waals surface area contributed by atoms with Gasteiger partial charge < -0.3 is 15.7 Å². The number of thiophene rings is 1. The molecule has 4 aromatic rings. The van der Waals surface area contributed by atoms with Crippen molar-refractivity contribution >= 4 is 52.5 Å². The number of amides is 2. The number of hydrogen-bond donors (Lipinski definition) is 3. The van der Waals surface area contributed by atoms with Crippen molar-refractivity contribution in [3.63, 3.8) is 0 Å². The van der Waals surface area contributed by atoms with Gasteiger partial charge in [0.15, 0.2) is 0 Å². The predicted octanol–water partition coefficient (Wildman–Crippen LogP) is 3.77. The lowest BCUT2D eigenvalue weighted by Crippen LogP contribution is -2.47. The van der Waals surface area contributed by atoms with Crippen molar-refractivity contribution in [1.29, 1.82) is 0 Å². The molecule has 0 aliphatic heterocycles. The van der Waals surface area contributed by atoms with E-state index >= 15 is 0 Å². The number of carboxylic acid groups (broad SMARTS) is 1. The Kier molecular flexibility index (Phi) is 6.55. The standard InChI is InChI=1S/C25H19ClN6O4S/c26-17-6-9-20(32-14-27-30-31-32)16(12-17)5-10-22(33)29-25(13-19(25)21-2-1-11-37-21)24(36)28-18-7-3-15(4-8-18)23(34)35/h1-12,14,19H,13H2,(H,28,36)(H,29,33)(H,34,35)/b10-5+/t19?,25-/m1/s1. The Morgan fingerprint density at radius 3 is 2.65 bits per heavy atom. The first-order chi connectivity index (χ1) is 17.9. The first-order valence-electron chi connectivity index (χ1n) is 11.1. The molecule has 1 aliphatic carbocycles. The molecule has 1 aliphatic rings. The second-order valence-corrected chi connectivity index (χ2v) is 9.78. The highest BCUT2D eigenvalue weighted by molar-refractivity contribution is 7.10. The molecule has 1 fully saturated rings. The molecule has 0 spiro atoms. The summed E-state index contributed by atoms with van der Waals surface area (Å²) in [6.45, 7) is 0. The van der Waals surface area contributed by atoms with E-state index in [1.807, 2.05) is 17.5 Å². The van der Waals surface area contributed by atoms with Crippen molar-refractivity contribution in [1.82, 2.24) is 25.5 Å². The zero-order chi connectivity index (χ0) is 26.0. The van der Waals surface area contributed by atoms with Gasteiger partial charge in [-0.1, -0.05) is 17.7 Å². The number of carbonyl (C=O) groups excluding carboxylic acids is 2. The number of rotatable bonds is 8. The third-order valence-electron chi connectivity index (χ3n) is 5.99. The smallest absolute Gasteiger partial charge is 0.335 e. The summed E-state index contributed by atoms with van der Waals surface area (Å²) in [7, 11) is 0. The number of nitrogens with one attached hydrogen (secondary N) is 2. The van der Waals surface area contributed by atoms with Gasteiger partial charge in [-0.05, 0) is 76.8 Å². The van der Waals surface area contributed by atoms with Crippen LogP contribution in [-0.2, 0) is 9.59 Å². The maximum atomic E-state index is 13.4. The molecule has 12 heteroatoms. The molecule has 37 heavy (non-hydrogen) atoms. The zero-order valence-electron chi connectivity index (χ0n) is 19.0. The second kappa shape index (κ2) is 9.96. The largest absolute Gasteiger partial charge is 0.478 e. The van der Waals surface area contributed by atoms with Crippen molar-refractivity contribution < 1.29 is 19.5 Å². The molecular weight excluding hydrogens is 516 g/mol. The van der Waals surface area contributed by atoms with Gasteiger partial charge in [0.2, 0.25) is 5.91 Å². The quantitative estimate of drug-likeness (QED) is 0.292. The summed E-state index contributed by atoms with van der Waals surface area (Å²) in [5.74, 6) is -2.09. The van der Waals surface area contributed by atoms with Crippen molar-refractivity contribution in [3.05, 3.63) is 93.4 Å². The van der Waals surface area contributed by atoms with Crippen LogP contribution < -0.4 is 10.6 Å². The van der Waals surface area contributed by atoms with Gasteiger partial charge in [-0.2, -0.15) is 4.68 Å². The van der Waals surface area contributed by atoms with Crippen LogP contribution >= 0.6 is 22.9 Å². The normalized spacial score (nSPS) is 18.5. The summed E-state index contributed by atoms with van der Waals surface area (Å²) in [5.41, 5.74) is 0.623. The van der Waals surface area contributed by atoms with Crippen molar-refractivity contribution in [3.8, 4) is 5.69 Å². The van der Waals surface area contributed by atoms with Crippen molar-refractivity contribution in [2.24, 2.45) is 0 Å². The highest BCUT2D eigenvalue weighted by atomic mass is 35.5. The van der Waals surface area contributed by atoms with E-state index in [0.717, 1.165) is 4.88 Å². The molecule has 10 nitrogen and oxygen atoms in total. The predicted molar refractivity (Wildman–Crippen MR) is 138 cm³/mol. The van der Waals surface area contributed by atoms with Gasteiger partial charge >= 0.3 is 5.97 Å². The minimum atomic E-state index is -1.15. The third-order valence-corrected chi connectivity index (χ3v) is 7.21. The van der Waals surface area contributed by atoms with E-state index in [1.165, 1.54) is 52.7 Å². The van der Waals surface area contributed by atoms with Crippen LogP contribution in [0.5, 0.6) is 0 Å². The molecule has 2 amide bonds. The summed E-state index contributed by atoms with van der Waals surface area (Å²) in [4.78, 5) is 38.5. The molecule has 2 heterocycles. The van der Waals surface area contributed by atoms with Gasteiger partial charge in [-0.25, -0.2) is 4.79 Å². The molecule has 2 aromatic heterocycles. The fourth-order valence-corrected chi connectivity index (χ4v) is 5.15. The Balaban J connectivity index is 1.36. The molecular formula is C25H19ClN6O4S. The van der Waals surface area contributed by atoms with Gasteiger partial charge in [0.25, 0.3) is 5.91 Å². The van der Waals surface area contributed by atoms with Crippen LogP contribution in [0.3, 0.4) is 0 Å². The summed E-state index contributed by atoms with van der Waals surface area (Å²) in [6.07, 6.45) is 4.77. The van der Waals surface area contributed by atoms with Crippen LogP contribution in [-0.4, -0.2) is 48.6 Å². The highest BCUT2D eigenvalue weighted by Gasteiger charge is 2.62. The lowest BCUT2D eigenvalue weighted by molar-refractivity contribution is -0.124. The monoisotopic (exact) mass is 534 g/mol. The average molecular weight is 535 g/mol. The molecule has 186 valence electrons. The number of tetrazole rings is 1. The first-order valence-corrected chi connectivity index (χ1v) is 12.3. The average Bonchev–Trinajstić information content (AvgIpc) is 3.27. The maximum absolute atomic E-state index is 13.4. The molecule has 0 saturated heterocycles. The molecule has 1 saturated carbocycles. The molecule has 2 atom stereocenters. The molecule has 1 unspecified atom stereocenters. The lowest BCUT2D eigenvalue weighted by Gasteiger charge is -2.18. The topological polar surface area (TPSA) is 139 Å².